The molecule has 2 rings (SSSR count). The molecule has 0 fully saturated rings. The first-order chi connectivity index (χ1) is 9.54. The Kier molecular flexibility index (Phi) is 4.39. The molecule has 2 heterocycles. The van der Waals surface area contributed by atoms with Crippen LogP contribution in [0, 0.1) is 13.8 Å². The van der Waals surface area contributed by atoms with Crippen LogP contribution in [-0.2, 0) is 6.54 Å². The Balaban J connectivity index is 2.20. The fraction of sp³-hybridized carbons (Fsp3) is 0.333. The second-order valence-electron chi connectivity index (χ2n) is 4.68. The number of hydrogen-bond donors (Lipinski definition) is 0. The summed E-state index contributed by atoms with van der Waals surface area (Å²) in [7, 11) is 3.44. The van der Waals surface area contributed by atoms with Crippen LogP contribution in [-0.4, -0.2) is 29.9 Å². The fourth-order valence-electron chi connectivity index (χ4n) is 2.12. The average Bonchev–Trinajstić information content (AvgIpc) is 2.95. The number of hydrogen-bond acceptors (Lipinski definition) is 4. The predicted octanol–water partition coefficient (Wildman–Crippen LogP) is 3.04. The zero-order chi connectivity index (χ0) is 14.7. The number of nitrogens with zero attached hydrogens (tertiary/aromatic N) is 2. The van der Waals surface area contributed by atoms with Crippen molar-refractivity contribution in [3.63, 3.8) is 0 Å². The standard InChI is InChI=1S/C15H18N2O2S/c1-10-8-16-12(11(2)14(10)19-4)9-17(3)15(18)13-6-5-7-20-13/h5-8H,9H2,1-4H3. The van der Waals surface area contributed by atoms with Crippen LogP contribution in [0.25, 0.3) is 0 Å². The third kappa shape index (κ3) is 2.82. The van der Waals surface area contributed by atoms with E-state index >= 15 is 0 Å². The Morgan fingerprint density at radius 2 is 2.20 bits per heavy atom. The molecule has 0 radical (unpaired) electrons. The maximum Gasteiger partial charge on any atom is 0.264 e. The second kappa shape index (κ2) is 6.05. The number of methoxy groups -OCH3 is 1. The fourth-order valence-corrected chi connectivity index (χ4v) is 2.83. The number of amides is 1. The highest BCUT2D eigenvalue weighted by atomic mass is 32.1. The molecule has 0 N–H and O–H groups in total. The Hall–Kier alpha value is -1.88. The van der Waals surface area contributed by atoms with E-state index in [-0.39, 0.29) is 5.91 Å². The van der Waals surface area contributed by atoms with Gasteiger partial charge < -0.3 is 9.64 Å². The Bertz CT molecular complexity index is 609. The minimum absolute atomic E-state index is 0.0146. The van der Waals surface area contributed by atoms with Gasteiger partial charge in [-0.2, -0.15) is 0 Å². The second-order valence-corrected chi connectivity index (χ2v) is 5.63. The van der Waals surface area contributed by atoms with Gasteiger partial charge in [0.15, 0.2) is 0 Å². The lowest BCUT2D eigenvalue weighted by molar-refractivity contribution is 0.0788. The van der Waals surface area contributed by atoms with Crippen molar-refractivity contribution in [2.45, 2.75) is 20.4 Å². The first-order valence-electron chi connectivity index (χ1n) is 6.32. The van der Waals surface area contributed by atoms with Gasteiger partial charge in [-0.3, -0.25) is 9.78 Å². The van der Waals surface area contributed by atoms with Crippen LogP contribution in [0.4, 0.5) is 0 Å². The van der Waals surface area contributed by atoms with Gasteiger partial charge in [0.2, 0.25) is 0 Å². The largest absolute Gasteiger partial charge is 0.496 e. The number of thiophene rings is 1. The predicted molar refractivity (Wildman–Crippen MR) is 80.4 cm³/mol. The van der Waals surface area contributed by atoms with E-state index in [1.54, 1.807) is 25.3 Å². The van der Waals surface area contributed by atoms with Crippen molar-refractivity contribution in [1.82, 2.24) is 9.88 Å². The lowest BCUT2D eigenvalue weighted by Crippen LogP contribution is -2.26. The molecule has 0 aliphatic heterocycles. The van der Waals surface area contributed by atoms with Crippen molar-refractivity contribution in [3.8, 4) is 5.75 Å². The van der Waals surface area contributed by atoms with Gasteiger partial charge in [-0.1, -0.05) is 6.07 Å². The van der Waals surface area contributed by atoms with Gasteiger partial charge >= 0.3 is 0 Å². The van der Waals surface area contributed by atoms with E-state index in [9.17, 15) is 4.79 Å². The maximum absolute atomic E-state index is 12.2. The van der Waals surface area contributed by atoms with Crippen LogP contribution in [0.1, 0.15) is 26.5 Å². The highest BCUT2D eigenvalue weighted by Gasteiger charge is 2.16. The SMILES string of the molecule is COc1c(C)cnc(CN(C)C(=O)c2cccs2)c1C. The zero-order valence-electron chi connectivity index (χ0n) is 12.1. The van der Waals surface area contributed by atoms with Crippen molar-refractivity contribution in [3.05, 3.63) is 45.4 Å². The monoisotopic (exact) mass is 290 g/mol. The van der Waals surface area contributed by atoms with Crippen molar-refractivity contribution in [1.29, 1.82) is 0 Å². The summed E-state index contributed by atoms with van der Waals surface area (Å²) in [5.41, 5.74) is 2.85. The summed E-state index contributed by atoms with van der Waals surface area (Å²) in [5.74, 6) is 0.854. The van der Waals surface area contributed by atoms with Crippen molar-refractivity contribution in [2.75, 3.05) is 14.2 Å². The van der Waals surface area contributed by atoms with Gasteiger partial charge in [0.25, 0.3) is 5.91 Å². The zero-order valence-corrected chi connectivity index (χ0v) is 13.0. The number of ether oxygens (including phenoxy) is 1. The number of rotatable bonds is 4. The first kappa shape index (κ1) is 14.5. The highest BCUT2D eigenvalue weighted by molar-refractivity contribution is 7.12. The molecule has 2 aromatic heterocycles. The minimum atomic E-state index is 0.0146. The summed E-state index contributed by atoms with van der Waals surface area (Å²) in [5, 5.41) is 1.90. The van der Waals surface area contributed by atoms with E-state index in [1.165, 1.54) is 11.3 Å². The molecule has 4 nitrogen and oxygen atoms in total. The number of pyridine rings is 1. The van der Waals surface area contributed by atoms with E-state index in [2.05, 4.69) is 4.98 Å². The van der Waals surface area contributed by atoms with Crippen molar-refractivity contribution < 1.29 is 9.53 Å². The summed E-state index contributed by atoms with van der Waals surface area (Å²) >= 11 is 1.45. The molecular formula is C15H18N2O2S. The van der Waals surface area contributed by atoms with Crippen LogP contribution in [0.5, 0.6) is 5.75 Å². The van der Waals surface area contributed by atoms with E-state index in [4.69, 9.17) is 4.74 Å². The van der Waals surface area contributed by atoms with Crippen molar-refractivity contribution in [2.24, 2.45) is 0 Å². The molecule has 0 bridgehead atoms. The molecular weight excluding hydrogens is 272 g/mol. The molecule has 0 aromatic carbocycles. The normalized spacial score (nSPS) is 10.4. The molecule has 0 aliphatic carbocycles. The Morgan fingerprint density at radius 1 is 1.45 bits per heavy atom. The van der Waals surface area contributed by atoms with E-state index in [1.807, 2.05) is 31.4 Å². The minimum Gasteiger partial charge on any atom is -0.496 e. The number of carbonyl (C=O) groups is 1. The van der Waals surface area contributed by atoms with E-state index in [0.29, 0.717) is 6.54 Å². The van der Waals surface area contributed by atoms with Gasteiger partial charge in [-0.15, -0.1) is 11.3 Å². The summed E-state index contributed by atoms with van der Waals surface area (Å²) in [4.78, 5) is 19.1. The molecule has 1 amide bonds. The van der Waals surface area contributed by atoms with Gasteiger partial charge in [0, 0.05) is 24.4 Å². The van der Waals surface area contributed by atoms with Gasteiger partial charge in [-0.25, -0.2) is 0 Å². The molecule has 0 aliphatic rings. The smallest absolute Gasteiger partial charge is 0.264 e. The van der Waals surface area contributed by atoms with Crippen LogP contribution < -0.4 is 4.74 Å². The molecule has 0 spiro atoms. The summed E-state index contributed by atoms with van der Waals surface area (Å²) in [6, 6.07) is 3.71. The van der Waals surface area contributed by atoms with Crippen LogP contribution in [0.15, 0.2) is 23.7 Å². The van der Waals surface area contributed by atoms with Gasteiger partial charge in [-0.05, 0) is 25.3 Å². The first-order valence-corrected chi connectivity index (χ1v) is 7.20. The third-order valence-electron chi connectivity index (χ3n) is 3.22. The molecule has 5 heteroatoms. The van der Waals surface area contributed by atoms with Gasteiger partial charge in [0.1, 0.15) is 5.75 Å². The Labute approximate surface area is 123 Å². The summed E-state index contributed by atoms with van der Waals surface area (Å²) < 4.78 is 5.39. The Morgan fingerprint density at radius 3 is 2.80 bits per heavy atom. The maximum atomic E-state index is 12.2. The molecule has 0 unspecified atom stereocenters. The summed E-state index contributed by atoms with van der Waals surface area (Å²) in [6.45, 7) is 4.40. The quantitative estimate of drug-likeness (QED) is 0.869. The third-order valence-corrected chi connectivity index (χ3v) is 4.07. The molecule has 106 valence electrons. The van der Waals surface area contributed by atoms with E-state index in [0.717, 1.165) is 27.4 Å². The number of aryl methyl sites for hydroxylation is 1. The van der Waals surface area contributed by atoms with E-state index < -0.39 is 0 Å². The molecule has 0 atom stereocenters. The molecule has 0 saturated carbocycles. The lowest BCUT2D eigenvalue weighted by atomic mass is 10.1. The van der Waals surface area contributed by atoms with Crippen molar-refractivity contribution >= 4 is 17.2 Å². The highest BCUT2D eigenvalue weighted by Crippen LogP contribution is 2.25. The summed E-state index contributed by atoms with van der Waals surface area (Å²) in [6.07, 6.45) is 1.78. The molecule has 2 aromatic rings. The van der Waals surface area contributed by atoms with Gasteiger partial charge in [0.05, 0.1) is 24.2 Å². The van der Waals surface area contributed by atoms with Crippen LogP contribution in [0.2, 0.25) is 0 Å². The lowest BCUT2D eigenvalue weighted by Gasteiger charge is -2.18. The number of carbonyl (C=O) groups excluding carboxylic acids is 1. The van der Waals surface area contributed by atoms with Crippen LogP contribution in [0.3, 0.4) is 0 Å². The van der Waals surface area contributed by atoms with Crippen LogP contribution >= 0.6 is 11.3 Å². The molecule has 20 heavy (non-hydrogen) atoms. The topological polar surface area (TPSA) is 42.4 Å². The molecule has 0 saturated heterocycles. The average molecular weight is 290 g/mol. The number of aromatic nitrogens is 1.